The molecule has 0 atom stereocenters. The minimum Gasteiger partial charge on any atom is -0.299 e. The average molecular weight is 232 g/mol. The highest BCUT2D eigenvalue weighted by molar-refractivity contribution is 6.07. The molecule has 0 fully saturated rings. The van der Waals surface area contributed by atoms with Gasteiger partial charge in [0.25, 0.3) is 0 Å². The van der Waals surface area contributed by atoms with Crippen molar-refractivity contribution in [2.24, 2.45) is 0 Å². The highest BCUT2D eigenvalue weighted by Crippen LogP contribution is 2.29. The predicted molar refractivity (Wildman–Crippen MR) is 76.6 cm³/mol. The van der Waals surface area contributed by atoms with Gasteiger partial charge in [-0.3, -0.25) is 4.79 Å². The number of aldehydes is 1. The van der Waals surface area contributed by atoms with E-state index in [-0.39, 0.29) is 0 Å². The van der Waals surface area contributed by atoms with Gasteiger partial charge in [0.1, 0.15) is 6.29 Å². The number of carbonyl (C=O) groups excluding carboxylic acids is 1. The predicted octanol–water partition coefficient (Wildman–Crippen LogP) is 4.21. The molecule has 0 aromatic heterocycles. The quantitative estimate of drug-likeness (QED) is 0.367. The number of allylic oxidation sites excluding steroid dienone is 1. The van der Waals surface area contributed by atoms with Crippen LogP contribution in [0.5, 0.6) is 0 Å². The summed E-state index contributed by atoms with van der Waals surface area (Å²) in [6, 6.07) is 18.7. The number of benzene rings is 3. The smallest absolute Gasteiger partial charge is 0.142 e. The van der Waals surface area contributed by atoms with Crippen LogP contribution >= 0.6 is 0 Å². The van der Waals surface area contributed by atoms with E-state index in [1.54, 1.807) is 6.08 Å². The Kier molecular flexibility index (Phi) is 2.66. The van der Waals surface area contributed by atoms with E-state index < -0.39 is 0 Å². The van der Waals surface area contributed by atoms with Crippen molar-refractivity contribution in [3.63, 3.8) is 0 Å². The highest BCUT2D eigenvalue weighted by Gasteiger charge is 2.03. The number of rotatable bonds is 2. The Bertz CT molecular complexity index is 700. The third kappa shape index (κ3) is 1.70. The molecule has 0 radical (unpaired) electrons. The maximum Gasteiger partial charge on any atom is 0.142 e. The fourth-order valence-electron chi connectivity index (χ4n) is 2.36. The summed E-state index contributed by atoms with van der Waals surface area (Å²) in [6.07, 6.45) is 4.25. The van der Waals surface area contributed by atoms with Crippen LogP contribution in [0.1, 0.15) is 5.56 Å². The van der Waals surface area contributed by atoms with Crippen molar-refractivity contribution in [3.05, 3.63) is 66.2 Å². The van der Waals surface area contributed by atoms with Crippen LogP contribution in [0.4, 0.5) is 0 Å². The van der Waals surface area contributed by atoms with Gasteiger partial charge in [-0.15, -0.1) is 0 Å². The molecule has 1 heteroatoms. The molecule has 0 bridgehead atoms. The number of fused-ring (bicyclic) bond motifs is 2. The fraction of sp³-hybridized carbons (Fsp3) is 0. The van der Waals surface area contributed by atoms with E-state index in [9.17, 15) is 4.79 Å². The molecule has 0 aliphatic carbocycles. The molecule has 3 aromatic rings. The Hall–Kier alpha value is -2.41. The van der Waals surface area contributed by atoms with Crippen molar-refractivity contribution in [3.8, 4) is 0 Å². The van der Waals surface area contributed by atoms with Gasteiger partial charge in [-0.2, -0.15) is 0 Å². The molecular formula is C17H12O. The second-order valence-corrected chi connectivity index (χ2v) is 4.23. The summed E-state index contributed by atoms with van der Waals surface area (Å²) >= 11 is 0. The minimum atomic E-state index is 0.816. The Balaban J connectivity index is 2.49. The highest BCUT2D eigenvalue weighted by atomic mass is 16.1. The first-order valence-corrected chi connectivity index (χ1v) is 5.92. The maximum absolute atomic E-state index is 10.6. The summed E-state index contributed by atoms with van der Waals surface area (Å²) in [5, 5.41) is 4.74. The molecule has 0 saturated heterocycles. The molecule has 1 nitrogen and oxygen atoms in total. The van der Waals surface area contributed by atoms with E-state index >= 15 is 0 Å². The molecule has 0 aliphatic rings. The first kappa shape index (κ1) is 10.7. The lowest BCUT2D eigenvalue weighted by Crippen LogP contribution is -1.83. The number of hydrogen-bond donors (Lipinski definition) is 0. The van der Waals surface area contributed by atoms with Crippen LogP contribution in [0.25, 0.3) is 27.6 Å². The van der Waals surface area contributed by atoms with Gasteiger partial charge in [-0.05, 0) is 39.3 Å². The average Bonchev–Trinajstić information content (AvgIpc) is 2.43. The van der Waals surface area contributed by atoms with Crippen LogP contribution in [0.3, 0.4) is 0 Å². The van der Waals surface area contributed by atoms with E-state index in [0.717, 1.165) is 11.8 Å². The van der Waals surface area contributed by atoms with Gasteiger partial charge in [-0.25, -0.2) is 0 Å². The van der Waals surface area contributed by atoms with E-state index in [1.807, 2.05) is 30.3 Å². The Morgan fingerprint density at radius 3 is 1.89 bits per heavy atom. The molecule has 86 valence electrons. The summed E-state index contributed by atoms with van der Waals surface area (Å²) < 4.78 is 0. The lowest BCUT2D eigenvalue weighted by Gasteiger charge is -2.07. The zero-order valence-corrected chi connectivity index (χ0v) is 9.84. The van der Waals surface area contributed by atoms with Crippen LogP contribution in [0, 0.1) is 0 Å². The molecule has 0 saturated carbocycles. The summed E-state index contributed by atoms with van der Waals surface area (Å²) in [5.41, 5.74) is 1.11. The molecule has 0 spiro atoms. The number of carbonyl (C=O) groups is 1. The van der Waals surface area contributed by atoms with Gasteiger partial charge in [0.15, 0.2) is 0 Å². The molecule has 0 amide bonds. The lowest BCUT2D eigenvalue weighted by atomic mass is 9.96. The third-order valence-corrected chi connectivity index (χ3v) is 3.15. The van der Waals surface area contributed by atoms with Crippen molar-refractivity contribution >= 4 is 33.9 Å². The second kappa shape index (κ2) is 4.46. The molecule has 18 heavy (non-hydrogen) atoms. The van der Waals surface area contributed by atoms with Crippen molar-refractivity contribution in [2.75, 3.05) is 0 Å². The minimum absolute atomic E-state index is 0.816. The molecule has 0 unspecified atom stereocenters. The van der Waals surface area contributed by atoms with Gasteiger partial charge in [0.2, 0.25) is 0 Å². The SMILES string of the molecule is O=CC=Cc1c2ccccc2cc2ccccc12. The van der Waals surface area contributed by atoms with Gasteiger partial charge in [0, 0.05) is 0 Å². The largest absolute Gasteiger partial charge is 0.299 e. The molecule has 0 heterocycles. The van der Waals surface area contributed by atoms with Crippen LogP contribution in [-0.2, 0) is 4.79 Å². The summed E-state index contributed by atoms with van der Waals surface area (Å²) in [5.74, 6) is 0. The molecule has 3 aromatic carbocycles. The summed E-state index contributed by atoms with van der Waals surface area (Å²) in [4.78, 5) is 10.6. The monoisotopic (exact) mass is 232 g/mol. The third-order valence-electron chi connectivity index (χ3n) is 3.15. The van der Waals surface area contributed by atoms with Crippen molar-refractivity contribution in [2.45, 2.75) is 0 Å². The van der Waals surface area contributed by atoms with Crippen LogP contribution in [0.2, 0.25) is 0 Å². The van der Waals surface area contributed by atoms with Crippen molar-refractivity contribution < 1.29 is 4.79 Å². The molecule has 3 rings (SSSR count). The maximum atomic E-state index is 10.6. The Labute approximate surface area is 105 Å². The first-order valence-electron chi connectivity index (χ1n) is 5.92. The topological polar surface area (TPSA) is 17.1 Å². The Morgan fingerprint density at radius 2 is 1.33 bits per heavy atom. The van der Waals surface area contributed by atoms with E-state index in [0.29, 0.717) is 0 Å². The van der Waals surface area contributed by atoms with Crippen LogP contribution < -0.4 is 0 Å². The standard InChI is InChI=1S/C17H12O/c18-11-5-10-17-15-8-3-1-6-13(15)12-14-7-2-4-9-16(14)17/h1-12H. The summed E-state index contributed by atoms with van der Waals surface area (Å²) in [6.45, 7) is 0. The molecule has 0 N–H and O–H groups in total. The molecular weight excluding hydrogens is 220 g/mol. The van der Waals surface area contributed by atoms with E-state index in [2.05, 4.69) is 30.3 Å². The first-order chi connectivity index (χ1) is 8.90. The van der Waals surface area contributed by atoms with Crippen molar-refractivity contribution in [1.82, 2.24) is 0 Å². The number of hydrogen-bond acceptors (Lipinski definition) is 1. The van der Waals surface area contributed by atoms with E-state index in [1.165, 1.54) is 21.5 Å². The van der Waals surface area contributed by atoms with Gasteiger partial charge >= 0.3 is 0 Å². The zero-order valence-electron chi connectivity index (χ0n) is 9.84. The lowest BCUT2D eigenvalue weighted by molar-refractivity contribution is -0.104. The fourth-order valence-corrected chi connectivity index (χ4v) is 2.36. The zero-order chi connectivity index (χ0) is 12.4. The second-order valence-electron chi connectivity index (χ2n) is 4.23. The van der Waals surface area contributed by atoms with Gasteiger partial charge < -0.3 is 0 Å². The van der Waals surface area contributed by atoms with Crippen LogP contribution in [-0.4, -0.2) is 6.29 Å². The molecule has 0 aliphatic heterocycles. The summed E-state index contributed by atoms with van der Waals surface area (Å²) in [7, 11) is 0. The van der Waals surface area contributed by atoms with Crippen LogP contribution in [0.15, 0.2) is 60.7 Å². The van der Waals surface area contributed by atoms with Gasteiger partial charge in [0.05, 0.1) is 0 Å². The van der Waals surface area contributed by atoms with Crippen molar-refractivity contribution in [1.29, 1.82) is 0 Å². The normalized spacial score (nSPS) is 11.3. The van der Waals surface area contributed by atoms with Gasteiger partial charge in [-0.1, -0.05) is 54.6 Å². The van der Waals surface area contributed by atoms with E-state index in [4.69, 9.17) is 0 Å². The Morgan fingerprint density at radius 1 is 0.778 bits per heavy atom.